The topological polar surface area (TPSA) is 77.6 Å². The summed E-state index contributed by atoms with van der Waals surface area (Å²) in [5, 5.41) is 15.3. The molecule has 0 saturated carbocycles. The van der Waals surface area contributed by atoms with Gasteiger partial charge in [-0.2, -0.15) is 10.2 Å². The van der Waals surface area contributed by atoms with Crippen molar-refractivity contribution in [2.24, 2.45) is 11.0 Å². The molecule has 0 bridgehead atoms. The number of hydrogen-bond acceptors (Lipinski definition) is 6. The minimum atomic E-state index is 0.0923. The summed E-state index contributed by atoms with van der Waals surface area (Å²) in [5.41, 5.74) is 8.17. The zero-order chi connectivity index (χ0) is 20.2. The van der Waals surface area contributed by atoms with Crippen molar-refractivity contribution in [1.82, 2.24) is 25.8 Å². The van der Waals surface area contributed by atoms with Crippen LogP contribution in [0, 0.1) is 5.92 Å². The molecule has 4 unspecified atom stereocenters. The van der Waals surface area contributed by atoms with Crippen molar-refractivity contribution in [2.75, 3.05) is 19.7 Å². The van der Waals surface area contributed by atoms with Crippen molar-refractivity contribution in [2.45, 2.75) is 51.8 Å². The summed E-state index contributed by atoms with van der Waals surface area (Å²) in [7, 11) is 0. The van der Waals surface area contributed by atoms with E-state index >= 15 is 0 Å². The number of fused-ring (bicyclic) bond motifs is 1. The van der Waals surface area contributed by atoms with Gasteiger partial charge < -0.3 is 20.4 Å². The van der Waals surface area contributed by atoms with Gasteiger partial charge in [-0.25, -0.2) is 0 Å². The maximum atomic E-state index is 5.78. The normalized spacial score (nSPS) is 27.8. The van der Waals surface area contributed by atoms with E-state index in [1.807, 2.05) is 18.6 Å². The largest absolute Gasteiger partial charge is 0.375 e. The molecule has 29 heavy (non-hydrogen) atoms. The monoisotopic (exact) mass is 396 g/mol. The second kappa shape index (κ2) is 8.86. The lowest BCUT2D eigenvalue weighted by Crippen LogP contribution is -2.44. The molecule has 3 N–H and O–H groups in total. The Balaban J connectivity index is 1.65. The van der Waals surface area contributed by atoms with E-state index in [0.717, 1.165) is 43.8 Å². The second-order valence-corrected chi connectivity index (χ2v) is 7.99. The molecule has 1 saturated heterocycles. The van der Waals surface area contributed by atoms with Gasteiger partial charge in [-0.1, -0.05) is 19.4 Å². The number of aromatic nitrogens is 2. The van der Waals surface area contributed by atoms with E-state index in [1.165, 1.54) is 11.3 Å². The number of aromatic amines is 1. The summed E-state index contributed by atoms with van der Waals surface area (Å²) < 4.78 is 5.78. The number of allylic oxidation sites excluding steroid dienone is 1. The molecule has 1 aromatic rings. The highest BCUT2D eigenvalue weighted by Crippen LogP contribution is 2.32. The van der Waals surface area contributed by atoms with Crippen LogP contribution in [-0.4, -0.2) is 53.2 Å². The molecule has 1 aromatic heterocycles. The summed E-state index contributed by atoms with van der Waals surface area (Å²) in [6, 6.07) is 0.313. The Hall–Kier alpha value is -2.54. The first kappa shape index (κ1) is 19.8. The quantitative estimate of drug-likeness (QED) is 0.618. The summed E-state index contributed by atoms with van der Waals surface area (Å²) in [6.07, 6.45) is 15.2. The van der Waals surface area contributed by atoms with Gasteiger partial charge in [0.25, 0.3) is 0 Å². The van der Waals surface area contributed by atoms with Crippen molar-refractivity contribution >= 4 is 6.21 Å². The SMILES string of the molecule is C/C=C(\CCC)C(NC1=CC2C=NNC2C=C1N1CCOC(C)C1)c1cn[nH]c1. The van der Waals surface area contributed by atoms with Crippen molar-refractivity contribution < 1.29 is 4.74 Å². The van der Waals surface area contributed by atoms with Crippen LogP contribution in [0.4, 0.5) is 0 Å². The van der Waals surface area contributed by atoms with Gasteiger partial charge >= 0.3 is 0 Å². The highest BCUT2D eigenvalue weighted by atomic mass is 16.5. The maximum absolute atomic E-state index is 5.78. The molecule has 1 fully saturated rings. The molecule has 3 aliphatic rings. The van der Waals surface area contributed by atoms with E-state index in [0.29, 0.717) is 0 Å². The minimum absolute atomic E-state index is 0.0923. The summed E-state index contributed by atoms with van der Waals surface area (Å²) in [6.45, 7) is 9.03. The molecule has 0 amide bonds. The van der Waals surface area contributed by atoms with Crippen LogP contribution in [0.5, 0.6) is 0 Å². The Labute approximate surface area is 173 Å². The molecule has 7 nitrogen and oxygen atoms in total. The van der Waals surface area contributed by atoms with Crippen LogP contribution in [0.2, 0.25) is 0 Å². The fourth-order valence-electron chi connectivity index (χ4n) is 4.37. The van der Waals surface area contributed by atoms with E-state index in [-0.39, 0.29) is 24.1 Å². The lowest BCUT2D eigenvalue weighted by Gasteiger charge is -2.39. The Kier molecular flexibility index (Phi) is 6.04. The van der Waals surface area contributed by atoms with Gasteiger partial charge in [0, 0.05) is 37.0 Å². The third kappa shape index (κ3) is 4.24. The first-order chi connectivity index (χ1) is 14.2. The fourth-order valence-corrected chi connectivity index (χ4v) is 4.37. The molecule has 4 atom stereocenters. The molecule has 4 rings (SSSR count). The summed E-state index contributed by atoms with van der Waals surface area (Å²) in [5.74, 6) is 0.268. The third-order valence-electron chi connectivity index (χ3n) is 5.87. The zero-order valence-corrected chi connectivity index (χ0v) is 17.6. The Morgan fingerprint density at radius 2 is 2.34 bits per heavy atom. The molecule has 7 heteroatoms. The van der Waals surface area contributed by atoms with Gasteiger partial charge in [-0.3, -0.25) is 5.10 Å². The van der Waals surface area contributed by atoms with E-state index < -0.39 is 0 Å². The first-order valence-corrected chi connectivity index (χ1v) is 10.7. The lowest BCUT2D eigenvalue weighted by molar-refractivity contribution is -0.00559. The first-order valence-electron chi connectivity index (χ1n) is 10.7. The Morgan fingerprint density at radius 3 is 3.07 bits per heavy atom. The number of H-pyrrole nitrogens is 1. The standard InChI is InChI=1S/C22H32N6O/c1-4-6-16(5-2)22(18-12-23-24-13-18)26-20-9-17-11-25-27-19(17)10-21(20)28-7-8-29-15(3)14-28/h5,9-13,15,17,19,22,26-27H,4,6-8,14H2,1-3H3,(H,23,24)/b16-5+. The lowest BCUT2D eigenvalue weighted by atomic mass is 9.91. The number of morpholine rings is 1. The molecular formula is C22H32N6O. The number of nitrogens with one attached hydrogen (secondary N) is 3. The summed E-state index contributed by atoms with van der Waals surface area (Å²) >= 11 is 0. The average Bonchev–Trinajstić information content (AvgIpc) is 3.41. The zero-order valence-electron chi connectivity index (χ0n) is 17.6. The van der Waals surface area contributed by atoms with E-state index in [9.17, 15) is 0 Å². The van der Waals surface area contributed by atoms with Gasteiger partial charge in [-0.05, 0) is 38.0 Å². The second-order valence-electron chi connectivity index (χ2n) is 7.99. The highest BCUT2D eigenvalue weighted by Gasteiger charge is 2.32. The van der Waals surface area contributed by atoms with Crippen LogP contribution < -0.4 is 10.7 Å². The van der Waals surface area contributed by atoms with E-state index in [4.69, 9.17) is 4.74 Å². The number of ether oxygens (including phenoxy) is 1. The minimum Gasteiger partial charge on any atom is -0.375 e. The summed E-state index contributed by atoms with van der Waals surface area (Å²) in [4.78, 5) is 2.44. The van der Waals surface area contributed by atoms with Gasteiger partial charge in [0.05, 0.1) is 42.4 Å². The third-order valence-corrected chi connectivity index (χ3v) is 5.87. The molecule has 2 aliphatic heterocycles. The van der Waals surface area contributed by atoms with Gasteiger partial charge in [-0.15, -0.1) is 0 Å². The fraction of sp³-hybridized carbons (Fsp3) is 0.545. The smallest absolute Gasteiger partial charge is 0.0758 e. The maximum Gasteiger partial charge on any atom is 0.0758 e. The van der Waals surface area contributed by atoms with Gasteiger partial charge in [0.1, 0.15) is 0 Å². The molecule has 3 heterocycles. The van der Waals surface area contributed by atoms with Crippen molar-refractivity contribution in [1.29, 1.82) is 0 Å². The number of hydrazone groups is 1. The van der Waals surface area contributed by atoms with Crippen LogP contribution in [0.15, 0.2) is 52.7 Å². The number of hydrogen-bond donors (Lipinski definition) is 3. The van der Waals surface area contributed by atoms with Crippen molar-refractivity contribution in [3.05, 3.63) is 53.2 Å². The molecule has 1 aliphatic carbocycles. The molecule has 0 radical (unpaired) electrons. The Morgan fingerprint density at radius 1 is 1.45 bits per heavy atom. The molecule has 0 aromatic carbocycles. The highest BCUT2D eigenvalue weighted by molar-refractivity contribution is 5.69. The predicted molar refractivity (Wildman–Crippen MR) is 115 cm³/mol. The van der Waals surface area contributed by atoms with Crippen LogP contribution in [-0.2, 0) is 4.74 Å². The number of nitrogens with zero attached hydrogens (tertiary/aromatic N) is 3. The van der Waals surface area contributed by atoms with Crippen LogP contribution >= 0.6 is 0 Å². The van der Waals surface area contributed by atoms with Crippen molar-refractivity contribution in [3.63, 3.8) is 0 Å². The van der Waals surface area contributed by atoms with E-state index in [2.05, 4.69) is 69.9 Å². The van der Waals surface area contributed by atoms with Crippen LogP contribution in [0.25, 0.3) is 0 Å². The van der Waals surface area contributed by atoms with Gasteiger partial charge in [0.2, 0.25) is 0 Å². The molecule has 0 spiro atoms. The molecular weight excluding hydrogens is 364 g/mol. The van der Waals surface area contributed by atoms with E-state index in [1.54, 1.807) is 0 Å². The predicted octanol–water partition coefficient (Wildman–Crippen LogP) is 2.86. The van der Waals surface area contributed by atoms with Gasteiger partial charge in [0.15, 0.2) is 0 Å². The Bertz CT molecular complexity index is 809. The van der Waals surface area contributed by atoms with Crippen LogP contribution in [0.3, 0.4) is 0 Å². The number of rotatable bonds is 7. The average molecular weight is 397 g/mol. The van der Waals surface area contributed by atoms with Crippen LogP contribution in [0.1, 0.15) is 45.2 Å². The van der Waals surface area contributed by atoms with Crippen molar-refractivity contribution in [3.8, 4) is 0 Å². The molecule has 156 valence electrons.